The summed E-state index contributed by atoms with van der Waals surface area (Å²) in [4.78, 5) is 12.4. The molecule has 2 rings (SSSR count). The van der Waals surface area contributed by atoms with E-state index in [1.807, 2.05) is 12.1 Å². The molecule has 26 heavy (non-hydrogen) atoms. The SMILES string of the molecule is CNS(=O)(=O)c1cccc(C(=O)NC(C)COc2ccccc2OC)c1. The van der Waals surface area contributed by atoms with E-state index in [-0.39, 0.29) is 29.0 Å². The number of rotatable bonds is 8. The van der Waals surface area contributed by atoms with Crippen LogP contribution >= 0.6 is 0 Å². The van der Waals surface area contributed by atoms with Crippen LogP contribution in [-0.4, -0.2) is 41.1 Å². The Balaban J connectivity index is 2.00. The zero-order chi connectivity index (χ0) is 19.2. The topological polar surface area (TPSA) is 93.7 Å². The molecular weight excluding hydrogens is 356 g/mol. The number of hydrogen-bond acceptors (Lipinski definition) is 5. The number of para-hydroxylation sites is 2. The molecule has 2 aromatic carbocycles. The molecule has 0 bridgehead atoms. The maximum atomic E-state index is 12.4. The van der Waals surface area contributed by atoms with Crippen LogP contribution in [0.3, 0.4) is 0 Å². The fourth-order valence-electron chi connectivity index (χ4n) is 2.22. The molecule has 1 atom stereocenters. The summed E-state index contributed by atoms with van der Waals surface area (Å²) in [5.74, 6) is 0.809. The van der Waals surface area contributed by atoms with Gasteiger partial charge in [-0.25, -0.2) is 13.1 Å². The lowest BCUT2D eigenvalue weighted by Gasteiger charge is -2.16. The van der Waals surface area contributed by atoms with E-state index >= 15 is 0 Å². The van der Waals surface area contributed by atoms with Crippen molar-refractivity contribution >= 4 is 15.9 Å². The summed E-state index contributed by atoms with van der Waals surface area (Å²) >= 11 is 0. The molecule has 2 N–H and O–H groups in total. The largest absolute Gasteiger partial charge is 0.493 e. The van der Waals surface area contributed by atoms with Gasteiger partial charge in [0.2, 0.25) is 10.0 Å². The third-order valence-corrected chi connectivity index (χ3v) is 5.02. The Hall–Kier alpha value is -2.58. The highest BCUT2D eigenvalue weighted by Crippen LogP contribution is 2.25. The molecule has 0 spiro atoms. The second kappa shape index (κ2) is 8.68. The van der Waals surface area contributed by atoms with Crippen molar-refractivity contribution in [3.05, 3.63) is 54.1 Å². The fourth-order valence-corrected chi connectivity index (χ4v) is 3.00. The Morgan fingerprint density at radius 3 is 2.46 bits per heavy atom. The molecule has 0 aromatic heterocycles. The first-order chi connectivity index (χ1) is 12.4. The van der Waals surface area contributed by atoms with Gasteiger partial charge in [-0.05, 0) is 44.3 Å². The molecule has 0 aliphatic rings. The number of methoxy groups -OCH3 is 1. The van der Waals surface area contributed by atoms with Crippen LogP contribution in [0.5, 0.6) is 11.5 Å². The zero-order valence-corrected chi connectivity index (χ0v) is 15.7. The van der Waals surface area contributed by atoms with Gasteiger partial charge in [-0.2, -0.15) is 0 Å². The average Bonchev–Trinajstić information content (AvgIpc) is 2.66. The van der Waals surface area contributed by atoms with Crippen molar-refractivity contribution in [2.45, 2.75) is 17.9 Å². The lowest BCUT2D eigenvalue weighted by atomic mass is 10.2. The highest BCUT2D eigenvalue weighted by Gasteiger charge is 2.16. The van der Waals surface area contributed by atoms with Gasteiger partial charge in [0.15, 0.2) is 11.5 Å². The molecule has 8 heteroatoms. The van der Waals surface area contributed by atoms with Crippen LogP contribution in [-0.2, 0) is 10.0 Å². The van der Waals surface area contributed by atoms with Crippen molar-refractivity contribution in [2.75, 3.05) is 20.8 Å². The van der Waals surface area contributed by atoms with E-state index in [2.05, 4.69) is 10.0 Å². The number of sulfonamides is 1. The van der Waals surface area contributed by atoms with Gasteiger partial charge in [-0.1, -0.05) is 18.2 Å². The van der Waals surface area contributed by atoms with Crippen molar-refractivity contribution in [1.29, 1.82) is 0 Å². The Kier molecular flexibility index (Phi) is 6.59. The molecule has 0 fully saturated rings. The monoisotopic (exact) mass is 378 g/mol. The first-order valence-electron chi connectivity index (χ1n) is 7.97. The lowest BCUT2D eigenvalue weighted by molar-refractivity contribution is 0.0926. The van der Waals surface area contributed by atoms with Crippen LogP contribution in [0.4, 0.5) is 0 Å². The number of carbonyl (C=O) groups is 1. The van der Waals surface area contributed by atoms with E-state index in [9.17, 15) is 13.2 Å². The minimum Gasteiger partial charge on any atom is -0.493 e. The summed E-state index contributed by atoms with van der Waals surface area (Å²) in [6.07, 6.45) is 0. The van der Waals surface area contributed by atoms with Crippen LogP contribution in [0.15, 0.2) is 53.4 Å². The van der Waals surface area contributed by atoms with Crippen molar-refractivity contribution in [2.24, 2.45) is 0 Å². The fraction of sp³-hybridized carbons (Fsp3) is 0.278. The molecule has 7 nitrogen and oxygen atoms in total. The molecule has 0 radical (unpaired) electrons. The molecular formula is C18H22N2O5S. The van der Waals surface area contributed by atoms with Crippen molar-refractivity contribution in [3.8, 4) is 11.5 Å². The van der Waals surface area contributed by atoms with Gasteiger partial charge >= 0.3 is 0 Å². The molecule has 0 saturated heterocycles. The van der Waals surface area contributed by atoms with Crippen LogP contribution in [0.1, 0.15) is 17.3 Å². The zero-order valence-electron chi connectivity index (χ0n) is 14.9. The number of ether oxygens (including phenoxy) is 2. The standard InChI is InChI=1S/C18H22N2O5S/c1-13(12-25-17-10-5-4-9-16(17)24-3)20-18(21)14-7-6-8-15(11-14)26(22,23)19-2/h4-11,13,19H,12H2,1-3H3,(H,20,21). The van der Waals surface area contributed by atoms with Crippen molar-refractivity contribution < 1.29 is 22.7 Å². The number of benzene rings is 2. The van der Waals surface area contributed by atoms with Crippen molar-refractivity contribution in [1.82, 2.24) is 10.0 Å². The minimum atomic E-state index is -3.61. The average molecular weight is 378 g/mol. The van der Waals surface area contributed by atoms with Crippen LogP contribution < -0.4 is 19.5 Å². The van der Waals surface area contributed by atoms with E-state index < -0.39 is 10.0 Å². The maximum absolute atomic E-state index is 12.4. The summed E-state index contributed by atoms with van der Waals surface area (Å²) in [7, 11) is -0.731. The van der Waals surface area contributed by atoms with E-state index in [0.717, 1.165) is 0 Å². The van der Waals surface area contributed by atoms with E-state index in [1.165, 1.54) is 25.2 Å². The summed E-state index contributed by atoms with van der Waals surface area (Å²) in [5.41, 5.74) is 0.255. The summed E-state index contributed by atoms with van der Waals surface area (Å²) in [5, 5.41) is 2.78. The second-order valence-electron chi connectivity index (χ2n) is 5.57. The molecule has 0 heterocycles. The first-order valence-corrected chi connectivity index (χ1v) is 9.46. The highest BCUT2D eigenvalue weighted by molar-refractivity contribution is 7.89. The third-order valence-electron chi connectivity index (χ3n) is 3.61. The predicted octanol–water partition coefficient (Wildman–Crippen LogP) is 1.80. The molecule has 1 amide bonds. The van der Waals surface area contributed by atoms with Crippen LogP contribution in [0.2, 0.25) is 0 Å². The maximum Gasteiger partial charge on any atom is 0.251 e. The molecule has 2 aromatic rings. The number of hydrogen-bond donors (Lipinski definition) is 2. The summed E-state index contributed by atoms with van der Waals surface area (Å²) in [6, 6.07) is 12.8. The Bertz CT molecular complexity index is 867. The predicted molar refractivity (Wildman–Crippen MR) is 98.1 cm³/mol. The van der Waals surface area contributed by atoms with Crippen LogP contribution in [0.25, 0.3) is 0 Å². The number of amides is 1. The smallest absolute Gasteiger partial charge is 0.251 e. The molecule has 1 unspecified atom stereocenters. The highest BCUT2D eigenvalue weighted by atomic mass is 32.2. The van der Waals surface area contributed by atoms with Gasteiger partial charge in [0.05, 0.1) is 18.0 Å². The van der Waals surface area contributed by atoms with Gasteiger partial charge in [-0.3, -0.25) is 4.79 Å². The summed E-state index contributed by atoms with van der Waals surface area (Å²) in [6.45, 7) is 2.03. The Morgan fingerprint density at radius 1 is 1.12 bits per heavy atom. The summed E-state index contributed by atoms with van der Waals surface area (Å²) < 4.78 is 36.8. The third kappa shape index (κ3) is 4.96. The first kappa shape index (κ1) is 19.7. The van der Waals surface area contributed by atoms with Crippen LogP contribution in [0, 0.1) is 0 Å². The molecule has 0 saturated carbocycles. The second-order valence-corrected chi connectivity index (χ2v) is 7.46. The number of carbonyl (C=O) groups excluding carboxylic acids is 1. The quantitative estimate of drug-likeness (QED) is 0.731. The van der Waals surface area contributed by atoms with Gasteiger partial charge in [0.1, 0.15) is 6.61 Å². The van der Waals surface area contributed by atoms with E-state index in [4.69, 9.17) is 9.47 Å². The minimum absolute atomic E-state index is 0.0329. The molecule has 0 aliphatic heterocycles. The van der Waals surface area contributed by atoms with E-state index in [0.29, 0.717) is 11.5 Å². The Labute approximate surface area is 153 Å². The van der Waals surface area contributed by atoms with Gasteiger partial charge < -0.3 is 14.8 Å². The van der Waals surface area contributed by atoms with Gasteiger partial charge in [0, 0.05) is 5.56 Å². The normalized spacial score (nSPS) is 12.3. The van der Waals surface area contributed by atoms with Gasteiger partial charge in [-0.15, -0.1) is 0 Å². The Morgan fingerprint density at radius 2 is 1.81 bits per heavy atom. The molecule has 140 valence electrons. The van der Waals surface area contributed by atoms with Crippen molar-refractivity contribution in [3.63, 3.8) is 0 Å². The molecule has 0 aliphatic carbocycles. The lowest BCUT2D eigenvalue weighted by Crippen LogP contribution is -2.36. The van der Waals surface area contributed by atoms with E-state index in [1.54, 1.807) is 32.2 Å². The number of nitrogens with one attached hydrogen (secondary N) is 2. The van der Waals surface area contributed by atoms with Gasteiger partial charge in [0.25, 0.3) is 5.91 Å².